The van der Waals surface area contributed by atoms with Gasteiger partial charge in [0.15, 0.2) is 12.4 Å². The fraction of sp³-hybridized carbons (Fsp3) is 0.636. The van der Waals surface area contributed by atoms with Crippen molar-refractivity contribution in [3.63, 3.8) is 0 Å². The molecule has 0 radical (unpaired) electrons. The Morgan fingerprint density at radius 3 is 2.63 bits per heavy atom. The Balaban J connectivity index is 2.41. The van der Waals surface area contributed by atoms with Crippen molar-refractivity contribution in [3.05, 3.63) is 32.6 Å². The number of rotatable bonds is 3. The number of aliphatic hydroxyl groups excluding tert-OH is 2. The number of aliphatic hydroxyl groups is 2. The van der Waals surface area contributed by atoms with Gasteiger partial charge in [-0.1, -0.05) is 0 Å². The van der Waals surface area contributed by atoms with Crippen molar-refractivity contribution < 1.29 is 19.3 Å². The monoisotopic (exact) mass is 274 g/mol. The molecule has 4 atom stereocenters. The van der Waals surface area contributed by atoms with Crippen LogP contribution in [0.3, 0.4) is 0 Å². The molecular weight excluding hydrogens is 259 g/mol. The van der Waals surface area contributed by atoms with Crippen LogP contribution in [0.15, 0.2) is 15.8 Å². The number of H-pyrrole nitrogens is 1. The van der Waals surface area contributed by atoms with E-state index >= 15 is 0 Å². The van der Waals surface area contributed by atoms with Crippen molar-refractivity contribution in [3.8, 4) is 0 Å². The summed E-state index contributed by atoms with van der Waals surface area (Å²) in [4.78, 5) is 24.9. The normalized spacial score (nSPS) is 30.7. The lowest BCUT2D eigenvalue weighted by Crippen LogP contribution is -2.36. The van der Waals surface area contributed by atoms with Gasteiger partial charge in [-0.3, -0.25) is 14.3 Å². The topological polar surface area (TPSA) is 105 Å². The zero-order valence-electron chi connectivity index (χ0n) is 10.2. The summed E-state index contributed by atoms with van der Waals surface area (Å²) in [6.45, 7) is 0.517. The van der Waals surface area contributed by atoms with E-state index in [9.17, 15) is 14.0 Å². The molecule has 2 heterocycles. The Bertz CT molecular complexity index is 569. The van der Waals surface area contributed by atoms with E-state index in [2.05, 4.69) is 4.98 Å². The third-order valence-corrected chi connectivity index (χ3v) is 3.28. The van der Waals surface area contributed by atoms with Crippen LogP contribution in [-0.4, -0.2) is 45.3 Å². The molecule has 0 saturated carbocycles. The van der Waals surface area contributed by atoms with Crippen molar-refractivity contribution in [2.45, 2.75) is 25.4 Å². The molecule has 2 rings (SSSR count). The van der Waals surface area contributed by atoms with Gasteiger partial charge >= 0.3 is 5.69 Å². The maximum Gasteiger partial charge on any atom is 0.330 e. The first-order valence-electron chi connectivity index (χ1n) is 5.83. The van der Waals surface area contributed by atoms with Crippen LogP contribution in [0.2, 0.25) is 0 Å². The number of nitrogens with one attached hydrogen (secondary N) is 1. The lowest BCUT2D eigenvalue weighted by Gasteiger charge is -2.16. The highest BCUT2D eigenvalue weighted by molar-refractivity contribution is 5.03. The van der Waals surface area contributed by atoms with E-state index in [1.54, 1.807) is 0 Å². The largest absolute Gasteiger partial charge is 0.396 e. The predicted molar refractivity (Wildman–Crippen MR) is 62.5 cm³/mol. The van der Waals surface area contributed by atoms with Crippen molar-refractivity contribution in [2.75, 3.05) is 13.2 Å². The highest BCUT2D eigenvalue weighted by atomic mass is 19.1. The molecule has 0 bridgehead atoms. The number of aromatic amines is 1. The minimum atomic E-state index is -1.65. The minimum Gasteiger partial charge on any atom is -0.396 e. The highest BCUT2D eigenvalue weighted by Crippen LogP contribution is 2.35. The molecule has 0 amide bonds. The van der Waals surface area contributed by atoms with Crippen LogP contribution >= 0.6 is 0 Å². The summed E-state index contributed by atoms with van der Waals surface area (Å²) in [5, 5.41) is 18.2. The molecule has 106 valence electrons. The van der Waals surface area contributed by atoms with E-state index in [0.29, 0.717) is 0 Å². The maximum absolute atomic E-state index is 14.1. The quantitative estimate of drug-likeness (QED) is 0.634. The summed E-state index contributed by atoms with van der Waals surface area (Å²) in [5.41, 5.74) is -1.10. The van der Waals surface area contributed by atoms with E-state index in [1.165, 1.54) is 13.1 Å². The second-order valence-corrected chi connectivity index (χ2v) is 4.52. The summed E-state index contributed by atoms with van der Waals surface area (Å²) < 4.78 is 20.3. The number of nitrogens with zero attached hydrogens (tertiary/aromatic N) is 1. The smallest absolute Gasteiger partial charge is 0.330 e. The third kappa shape index (κ3) is 2.34. The van der Waals surface area contributed by atoms with Crippen LogP contribution in [0.5, 0.6) is 0 Å². The SMILES string of the molecule is Cc1cn([C@@H]2O[C@H](CO)[C@H](CO)[C@@H]2F)c(=O)[nH]c1=O. The first-order chi connectivity index (χ1) is 8.99. The van der Waals surface area contributed by atoms with Gasteiger partial charge < -0.3 is 14.9 Å². The molecule has 0 unspecified atom stereocenters. The number of ether oxygens (including phenoxy) is 1. The molecule has 0 aliphatic carbocycles. The van der Waals surface area contributed by atoms with Gasteiger partial charge in [-0.2, -0.15) is 0 Å². The first-order valence-corrected chi connectivity index (χ1v) is 5.83. The fourth-order valence-corrected chi connectivity index (χ4v) is 2.16. The summed E-state index contributed by atoms with van der Waals surface area (Å²) in [5.74, 6) is -0.908. The van der Waals surface area contributed by atoms with Crippen LogP contribution in [0.4, 0.5) is 4.39 Å². The summed E-state index contributed by atoms with van der Waals surface area (Å²) in [6.07, 6.45) is -2.60. The average Bonchev–Trinajstić information content (AvgIpc) is 2.70. The highest BCUT2D eigenvalue weighted by Gasteiger charge is 2.45. The lowest BCUT2D eigenvalue weighted by molar-refractivity contribution is -0.0442. The Morgan fingerprint density at radius 1 is 1.42 bits per heavy atom. The minimum absolute atomic E-state index is 0.239. The van der Waals surface area contributed by atoms with Gasteiger partial charge in [-0.25, -0.2) is 9.18 Å². The Morgan fingerprint density at radius 2 is 2.11 bits per heavy atom. The number of hydrogen-bond donors (Lipinski definition) is 3. The number of aromatic nitrogens is 2. The van der Waals surface area contributed by atoms with Gasteiger partial charge in [-0.05, 0) is 6.92 Å². The zero-order chi connectivity index (χ0) is 14.2. The Hall–Kier alpha value is -1.51. The molecule has 1 aromatic rings. The summed E-state index contributed by atoms with van der Waals surface area (Å²) >= 11 is 0. The zero-order valence-corrected chi connectivity index (χ0v) is 10.2. The van der Waals surface area contributed by atoms with Gasteiger partial charge in [0.2, 0.25) is 0 Å². The third-order valence-electron chi connectivity index (χ3n) is 3.28. The first kappa shape index (κ1) is 13.9. The molecule has 0 aromatic carbocycles. The van der Waals surface area contributed by atoms with Gasteiger partial charge in [-0.15, -0.1) is 0 Å². The van der Waals surface area contributed by atoms with Gasteiger partial charge in [0.25, 0.3) is 5.56 Å². The van der Waals surface area contributed by atoms with Crippen molar-refractivity contribution in [1.82, 2.24) is 9.55 Å². The molecule has 1 aromatic heterocycles. The second-order valence-electron chi connectivity index (χ2n) is 4.52. The number of alkyl halides is 1. The molecule has 3 N–H and O–H groups in total. The molecule has 1 aliphatic rings. The molecule has 1 fully saturated rings. The Kier molecular flexibility index (Phi) is 3.83. The molecule has 8 heteroatoms. The number of halogens is 1. The van der Waals surface area contributed by atoms with E-state index in [1.807, 2.05) is 0 Å². The van der Waals surface area contributed by atoms with E-state index in [0.717, 1.165) is 4.57 Å². The van der Waals surface area contributed by atoms with Gasteiger partial charge in [0.05, 0.1) is 19.3 Å². The second kappa shape index (κ2) is 5.24. The van der Waals surface area contributed by atoms with E-state index in [4.69, 9.17) is 14.9 Å². The van der Waals surface area contributed by atoms with Crippen LogP contribution in [0.25, 0.3) is 0 Å². The summed E-state index contributed by atoms with van der Waals surface area (Å²) in [6, 6.07) is 0. The molecule has 1 aliphatic heterocycles. The number of hydrogen-bond acceptors (Lipinski definition) is 5. The number of aryl methyl sites for hydroxylation is 1. The molecule has 19 heavy (non-hydrogen) atoms. The molecule has 0 spiro atoms. The maximum atomic E-state index is 14.1. The van der Waals surface area contributed by atoms with E-state index < -0.39 is 48.9 Å². The van der Waals surface area contributed by atoms with Crippen LogP contribution in [0, 0.1) is 12.8 Å². The standard InChI is InChI=1S/C11H15FN2O5/c1-5-2-14(11(18)13-9(5)17)10-8(12)6(3-15)7(4-16)19-10/h2,6-8,10,15-16H,3-4H2,1H3,(H,13,17,18)/t6-,7+,8-,10+/m0/s1. The molecule has 1 saturated heterocycles. The Labute approximate surface area is 107 Å². The van der Waals surface area contributed by atoms with E-state index in [-0.39, 0.29) is 5.56 Å². The predicted octanol–water partition coefficient (Wildman–Crippen LogP) is -1.32. The average molecular weight is 274 g/mol. The van der Waals surface area contributed by atoms with Gasteiger partial charge in [0, 0.05) is 17.7 Å². The van der Waals surface area contributed by atoms with Crippen LogP contribution in [-0.2, 0) is 4.74 Å². The summed E-state index contributed by atoms with van der Waals surface area (Å²) in [7, 11) is 0. The lowest BCUT2D eigenvalue weighted by atomic mass is 10.0. The van der Waals surface area contributed by atoms with Crippen molar-refractivity contribution in [1.29, 1.82) is 0 Å². The molecule has 7 nitrogen and oxygen atoms in total. The van der Waals surface area contributed by atoms with Gasteiger partial charge in [0.1, 0.15) is 0 Å². The molecular formula is C11H15FN2O5. The van der Waals surface area contributed by atoms with Crippen molar-refractivity contribution >= 4 is 0 Å². The van der Waals surface area contributed by atoms with Crippen LogP contribution < -0.4 is 11.2 Å². The van der Waals surface area contributed by atoms with Crippen molar-refractivity contribution in [2.24, 2.45) is 5.92 Å². The van der Waals surface area contributed by atoms with Crippen LogP contribution in [0.1, 0.15) is 11.8 Å². The fourth-order valence-electron chi connectivity index (χ4n) is 2.16.